The summed E-state index contributed by atoms with van der Waals surface area (Å²) in [5.41, 5.74) is 4.28. The van der Waals surface area contributed by atoms with Gasteiger partial charge in [-0.05, 0) is 60.4 Å². The maximum Gasteiger partial charge on any atom is 0.132 e. The van der Waals surface area contributed by atoms with Gasteiger partial charge < -0.3 is 9.64 Å². The molecule has 2 nitrogen and oxygen atoms in total. The first-order valence-corrected chi connectivity index (χ1v) is 8.51. The van der Waals surface area contributed by atoms with Crippen LogP contribution in [0, 0.1) is 11.6 Å². The van der Waals surface area contributed by atoms with Gasteiger partial charge >= 0.3 is 0 Å². The molecule has 4 heteroatoms. The Bertz CT molecular complexity index is 857. The van der Waals surface area contributed by atoms with Crippen molar-refractivity contribution in [2.24, 2.45) is 0 Å². The minimum absolute atomic E-state index is 0.0920. The smallest absolute Gasteiger partial charge is 0.132 e. The molecule has 1 heterocycles. The molecule has 0 radical (unpaired) electrons. The van der Waals surface area contributed by atoms with Crippen LogP contribution in [0.2, 0.25) is 0 Å². The van der Waals surface area contributed by atoms with Crippen LogP contribution in [0.5, 0.6) is 5.75 Å². The lowest BCUT2D eigenvalue weighted by atomic mass is 10.0. The van der Waals surface area contributed by atoms with Crippen molar-refractivity contribution >= 4 is 0 Å². The minimum Gasteiger partial charge on any atom is -0.489 e. The summed E-state index contributed by atoms with van der Waals surface area (Å²) in [6, 6.07) is 9.63. The van der Waals surface area contributed by atoms with E-state index in [1.54, 1.807) is 0 Å². The summed E-state index contributed by atoms with van der Waals surface area (Å²) in [5.74, 6) is -0.432. The first-order valence-electron chi connectivity index (χ1n) is 8.51. The summed E-state index contributed by atoms with van der Waals surface area (Å²) in [7, 11) is 0. The van der Waals surface area contributed by atoms with Gasteiger partial charge in [-0.15, -0.1) is 0 Å². The number of halogens is 2. The topological polar surface area (TPSA) is 12.5 Å². The van der Waals surface area contributed by atoms with Gasteiger partial charge in [0.15, 0.2) is 0 Å². The Morgan fingerprint density at radius 1 is 0.960 bits per heavy atom. The predicted octanol–water partition coefficient (Wildman–Crippen LogP) is 4.40. The fourth-order valence-corrected chi connectivity index (χ4v) is 3.24. The third-order valence-electron chi connectivity index (χ3n) is 4.79. The number of ether oxygens (including phenoxy) is 1. The lowest BCUT2D eigenvalue weighted by molar-refractivity contribution is 0.299. The molecule has 1 aliphatic carbocycles. The van der Waals surface area contributed by atoms with E-state index in [0.29, 0.717) is 5.56 Å². The average Bonchev–Trinajstić information content (AvgIpc) is 2.75. The predicted molar refractivity (Wildman–Crippen MR) is 93.3 cm³/mol. The molecule has 4 rings (SSSR count). The molecule has 0 unspecified atom stereocenters. The summed E-state index contributed by atoms with van der Waals surface area (Å²) in [6.45, 7) is 2.10. The van der Waals surface area contributed by atoms with Crippen LogP contribution in [-0.4, -0.2) is 18.0 Å². The largest absolute Gasteiger partial charge is 0.489 e. The molecule has 0 aromatic heterocycles. The number of nitrogens with zero attached hydrogens (tertiary/aromatic N) is 1. The molecular weight excluding hydrogens is 320 g/mol. The van der Waals surface area contributed by atoms with Crippen molar-refractivity contribution in [3.63, 3.8) is 0 Å². The Labute approximate surface area is 146 Å². The zero-order chi connectivity index (χ0) is 17.2. The molecular formula is C21H19F2NO. The van der Waals surface area contributed by atoms with E-state index in [4.69, 9.17) is 4.74 Å². The molecule has 0 saturated carbocycles. The van der Waals surface area contributed by atoms with E-state index in [9.17, 15) is 8.78 Å². The molecule has 0 N–H and O–H groups in total. The van der Waals surface area contributed by atoms with Crippen LogP contribution in [0.4, 0.5) is 8.78 Å². The number of benzene rings is 2. The fraction of sp³-hybridized carbons (Fsp3) is 0.238. The molecule has 0 spiro atoms. The van der Waals surface area contributed by atoms with Crippen LogP contribution in [0.3, 0.4) is 0 Å². The van der Waals surface area contributed by atoms with Gasteiger partial charge in [-0.25, -0.2) is 8.78 Å². The third-order valence-corrected chi connectivity index (χ3v) is 4.79. The van der Waals surface area contributed by atoms with Gasteiger partial charge in [-0.2, -0.15) is 0 Å². The Hall–Kier alpha value is -2.62. The van der Waals surface area contributed by atoms with E-state index in [2.05, 4.69) is 29.2 Å². The van der Waals surface area contributed by atoms with E-state index in [1.165, 1.54) is 29.0 Å². The van der Waals surface area contributed by atoms with E-state index in [0.717, 1.165) is 37.7 Å². The van der Waals surface area contributed by atoms with E-state index < -0.39 is 11.6 Å². The van der Waals surface area contributed by atoms with Crippen LogP contribution in [0.1, 0.15) is 16.7 Å². The molecule has 1 aliphatic heterocycles. The van der Waals surface area contributed by atoms with Gasteiger partial charge in [0, 0.05) is 30.4 Å². The molecule has 2 aliphatic rings. The van der Waals surface area contributed by atoms with Crippen LogP contribution in [-0.2, 0) is 19.4 Å². The van der Waals surface area contributed by atoms with Gasteiger partial charge in [0.25, 0.3) is 0 Å². The lowest BCUT2D eigenvalue weighted by Crippen LogP contribution is -2.26. The quantitative estimate of drug-likeness (QED) is 0.819. The Kier molecular flexibility index (Phi) is 4.26. The summed E-state index contributed by atoms with van der Waals surface area (Å²) in [5, 5.41) is 0. The Morgan fingerprint density at radius 2 is 1.76 bits per heavy atom. The SMILES string of the molecule is Fc1ccc(COc2ccc3c(c2)CCN(C2=CC=C2)CC3)c(F)c1. The molecule has 0 saturated heterocycles. The number of allylic oxidation sites excluding steroid dienone is 3. The molecule has 128 valence electrons. The number of rotatable bonds is 4. The van der Waals surface area contributed by atoms with Crippen molar-refractivity contribution in [3.05, 3.63) is 88.6 Å². The number of hydrogen-bond donors (Lipinski definition) is 0. The van der Waals surface area contributed by atoms with E-state index in [1.807, 2.05) is 12.1 Å². The van der Waals surface area contributed by atoms with Gasteiger partial charge in [-0.1, -0.05) is 12.1 Å². The van der Waals surface area contributed by atoms with Gasteiger partial charge in [0.05, 0.1) is 0 Å². The Morgan fingerprint density at radius 3 is 2.48 bits per heavy atom. The zero-order valence-corrected chi connectivity index (χ0v) is 13.8. The van der Waals surface area contributed by atoms with Crippen molar-refractivity contribution < 1.29 is 13.5 Å². The number of fused-ring (bicyclic) bond motifs is 1. The van der Waals surface area contributed by atoms with Crippen LogP contribution >= 0.6 is 0 Å². The van der Waals surface area contributed by atoms with E-state index in [-0.39, 0.29) is 6.61 Å². The maximum absolute atomic E-state index is 13.7. The summed E-state index contributed by atoms with van der Waals surface area (Å²) in [6.07, 6.45) is 8.31. The van der Waals surface area contributed by atoms with Crippen molar-refractivity contribution in [1.82, 2.24) is 4.90 Å². The van der Waals surface area contributed by atoms with Crippen LogP contribution < -0.4 is 4.74 Å². The second-order valence-electron chi connectivity index (χ2n) is 6.39. The molecule has 0 bridgehead atoms. The molecule has 0 fully saturated rings. The number of hydrogen-bond acceptors (Lipinski definition) is 2. The minimum atomic E-state index is -0.577. The van der Waals surface area contributed by atoms with Crippen molar-refractivity contribution in [2.45, 2.75) is 19.4 Å². The van der Waals surface area contributed by atoms with E-state index >= 15 is 0 Å². The van der Waals surface area contributed by atoms with Crippen molar-refractivity contribution in [2.75, 3.05) is 13.1 Å². The highest BCUT2D eigenvalue weighted by atomic mass is 19.1. The van der Waals surface area contributed by atoms with Gasteiger partial charge in [0.1, 0.15) is 24.0 Å². The zero-order valence-electron chi connectivity index (χ0n) is 13.8. The van der Waals surface area contributed by atoms with Crippen LogP contribution in [0.15, 0.2) is 60.3 Å². The molecule has 2 aromatic rings. The molecule has 2 aromatic carbocycles. The lowest BCUT2D eigenvalue weighted by Gasteiger charge is -2.26. The van der Waals surface area contributed by atoms with Crippen molar-refractivity contribution in [3.8, 4) is 5.75 Å². The average molecular weight is 339 g/mol. The summed E-state index contributed by atoms with van der Waals surface area (Å²) in [4.78, 5) is 2.40. The molecule has 25 heavy (non-hydrogen) atoms. The molecule has 0 atom stereocenters. The first kappa shape index (κ1) is 15.9. The van der Waals surface area contributed by atoms with Gasteiger partial charge in [0.2, 0.25) is 0 Å². The normalized spacial score (nSPS) is 15.9. The second kappa shape index (κ2) is 6.71. The monoisotopic (exact) mass is 339 g/mol. The third kappa shape index (κ3) is 3.43. The highest BCUT2D eigenvalue weighted by Crippen LogP contribution is 2.25. The van der Waals surface area contributed by atoms with Crippen LogP contribution in [0.25, 0.3) is 0 Å². The standard InChI is InChI=1S/C21H19F2NO/c22-18-6-4-17(21(23)13-18)14-25-20-7-5-15-8-10-24(19-2-1-3-19)11-9-16(15)12-20/h1-7,12-13H,8-11,14H2. The fourth-order valence-electron chi connectivity index (χ4n) is 3.24. The first-order chi connectivity index (χ1) is 12.2. The van der Waals surface area contributed by atoms with Gasteiger partial charge in [-0.3, -0.25) is 0 Å². The summed E-state index contributed by atoms with van der Waals surface area (Å²) >= 11 is 0. The Balaban J connectivity index is 1.44. The second-order valence-corrected chi connectivity index (χ2v) is 6.39. The maximum atomic E-state index is 13.7. The summed E-state index contributed by atoms with van der Waals surface area (Å²) < 4.78 is 32.4. The highest BCUT2D eigenvalue weighted by molar-refractivity contribution is 5.39. The van der Waals surface area contributed by atoms with Crippen molar-refractivity contribution in [1.29, 1.82) is 0 Å². The highest BCUT2D eigenvalue weighted by Gasteiger charge is 2.17. The molecule has 0 amide bonds.